The zero-order valence-electron chi connectivity index (χ0n) is 9.49. The second kappa shape index (κ2) is 5.07. The van der Waals surface area contributed by atoms with Crippen LogP contribution in [-0.4, -0.2) is 25.8 Å². The zero-order valence-corrected chi connectivity index (χ0v) is 9.49. The fourth-order valence-corrected chi connectivity index (χ4v) is 1.46. The molecule has 1 aromatic rings. The maximum atomic E-state index is 12.7. The van der Waals surface area contributed by atoms with Gasteiger partial charge in [-0.2, -0.15) is 13.2 Å². The number of anilines is 1. The van der Waals surface area contributed by atoms with Gasteiger partial charge in [0.1, 0.15) is 0 Å². The van der Waals surface area contributed by atoms with Crippen molar-refractivity contribution in [2.24, 2.45) is 5.73 Å². The highest BCUT2D eigenvalue weighted by Gasteiger charge is 2.33. The second-order valence-corrected chi connectivity index (χ2v) is 3.71. The number of nitrogens with zero attached hydrogens (tertiary/aromatic N) is 1. The molecule has 0 fully saturated rings. The van der Waals surface area contributed by atoms with Crippen molar-refractivity contribution in [3.63, 3.8) is 0 Å². The van der Waals surface area contributed by atoms with Gasteiger partial charge in [0.15, 0.2) is 6.29 Å². The third-order valence-corrected chi connectivity index (χ3v) is 2.30. The van der Waals surface area contributed by atoms with Crippen molar-refractivity contribution in [1.82, 2.24) is 0 Å². The third kappa shape index (κ3) is 3.22. The Morgan fingerprint density at radius 1 is 1.44 bits per heavy atom. The molecule has 98 valence electrons. The molecule has 18 heavy (non-hydrogen) atoms. The van der Waals surface area contributed by atoms with Crippen molar-refractivity contribution >= 4 is 17.9 Å². The van der Waals surface area contributed by atoms with E-state index in [1.165, 1.54) is 18.0 Å². The number of carbonyl (C=O) groups excluding carboxylic acids is 2. The highest BCUT2D eigenvalue weighted by atomic mass is 19.4. The van der Waals surface area contributed by atoms with E-state index in [-0.39, 0.29) is 18.5 Å². The lowest BCUT2D eigenvalue weighted by Crippen LogP contribution is -2.30. The fourth-order valence-electron chi connectivity index (χ4n) is 1.46. The van der Waals surface area contributed by atoms with E-state index in [0.29, 0.717) is 0 Å². The Bertz CT molecular complexity index is 472. The molecule has 2 N–H and O–H groups in total. The lowest BCUT2D eigenvalue weighted by atomic mass is 10.1. The van der Waals surface area contributed by atoms with Crippen LogP contribution in [0.3, 0.4) is 0 Å². The molecule has 4 nitrogen and oxygen atoms in total. The SMILES string of the molecule is CN(CC(N)=O)c1ccc(C=O)c(C(F)(F)F)c1. The number of aldehydes is 1. The van der Waals surface area contributed by atoms with E-state index in [1.807, 2.05) is 0 Å². The normalized spacial score (nSPS) is 11.1. The largest absolute Gasteiger partial charge is 0.417 e. The molecule has 0 unspecified atom stereocenters. The van der Waals surface area contributed by atoms with Gasteiger partial charge in [0.05, 0.1) is 12.1 Å². The van der Waals surface area contributed by atoms with Crippen LogP contribution in [0.15, 0.2) is 18.2 Å². The van der Waals surface area contributed by atoms with Crippen LogP contribution < -0.4 is 10.6 Å². The monoisotopic (exact) mass is 260 g/mol. The minimum Gasteiger partial charge on any atom is -0.368 e. The molecule has 0 aliphatic rings. The minimum absolute atomic E-state index is 0.140. The Balaban J connectivity index is 3.18. The van der Waals surface area contributed by atoms with E-state index < -0.39 is 23.2 Å². The summed E-state index contributed by atoms with van der Waals surface area (Å²) in [6, 6.07) is 3.19. The maximum Gasteiger partial charge on any atom is 0.417 e. The van der Waals surface area contributed by atoms with Gasteiger partial charge in [-0.1, -0.05) is 0 Å². The van der Waals surface area contributed by atoms with Gasteiger partial charge in [0.2, 0.25) is 5.91 Å². The highest BCUT2D eigenvalue weighted by Crippen LogP contribution is 2.33. The molecule has 0 aromatic heterocycles. The predicted octanol–water partition coefficient (Wildman–Crippen LogP) is 1.44. The first kappa shape index (κ1) is 14.0. The molecule has 1 amide bonds. The van der Waals surface area contributed by atoms with Crippen LogP contribution in [0.2, 0.25) is 0 Å². The summed E-state index contributed by atoms with van der Waals surface area (Å²) in [4.78, 5) is 22.5. The van der Waals surface area contributed by atoms with Crippen molar-refractivity contribution in [3.8, 4) is 0 Å². The first-order valence-corrected chi connectivity index (χ1v) is 4.91. The van der Waals surface area contributed by atoms with E-state index in [4.69, 9.17) is 5.73 Å². The smallest absolute Gasteiger partial charge is 0.368 e. The Morgan fingerprint density at radius 3 is 2.50 bits per heavy atom. The van der Waals surface area contributed by atoms with Crippen molar-refractivity contribution < 1.29 is 22.8 Å². The van der Waals surface area contributed by atoms with E-state index in [9.17, 15) is 22.8 Å². The number of likely N-dealkylation sites (N-methyl/N-ethyl adjacent to an activating group) is 1. The van der Waals surface area contributed by atoms with Crippen LogP contribution >= 0.6 is 0 Å². The molecule has 1 rings (SSSR count). The summed E-state index contributed by atoms with van der Waals surface area (Å²) in [6.45, 7) is -0.211. The molecule has 0 aliphatic heterocycles. The molecule has 0 radical (unpaired) electrons. The molecule has 0 bridgehead atoms. The molecule has 0 saturated carbocycles. The average Bonchev–Trinajstić information content (AvgIpc) is 2.26. The number of rotatable bonds is 4. The van der Waals surface area contributed by atoms with Gasteiger partial charge in [-0.15, -0.1) is 0 Å². The molecule has 7 heteroatoms. The van der Waals surface area contributed by atoms with E-state index in [1.54, 1.807) is 0 Å². The van der Waals surface area contributed by atoms with Gasteiger partial charge in [-0.25, -0.2) is 0 Å². The molecule has 0 aliphatic carbocycles. The van der Waals surface area contributed by atoms with Gasteiger partial charge in [-0.3, -0.25) is 9.59 Å². The number of halogens is 3. The van der Waals surface area contributed by atoms with Gasteiger partial charge >= 0.3 is 6.18 Å². The number of nitrogens with two attached hydrogens (primary N) is 1. The summed E-state index contributed by atoms with van der Waals surface area (Å²) in [5.74, 6) is -0.662. The van der Waals surface area contributed by atoms with E-state index in [0.717, 1.165) is 12.1 Å². The molecular formula is C11H11F3N2O2. The van der Waals surface area contributed by atoms with Crippen LogP contribution in [-0.2, 0) is 11.0 Å². The Kier molecular flexibility index (Phi) is 3.95. The molecular weight excluding hydrogens is 249 g/mol. The van der Waals surface area contributed by atoms with Gasteiger partial charge in [-0.05, 0) is 18.2 Å². The lowest BCUT2D eigenvalue weighted by Gasteiger charge is -2.19. The average molecular weight is 260 g/mol. The number of hydrogen-bond acceptors (Lipinski definition) is 3. The van der Waals surface area contributed by atoms with Crippen molar-refractivity contribution in [2.75, 3.05) is 18.5 Å². The van der Waals surface area contributed by atoms with Crippen molar-refractivity contribution in [1.29, 1.82) is 0 Å². The minimum atomic E-state index is -4.63. The van der Waals surface area contributed by atoms with E-state index in [2.05, 4.69) is 0 Å². The van der Waals surface area contributed by atoms with Crippen LogP contribution in [0.4, 0.5) is 18.9 Å². The quantitative estimate of drug-likeness (QED) is 0.833. The standard InChI is InChI=1S/C11H11F3N2O2/c1-16(5-10(15)18)8-3-2-7(6-17)9(4-8)11(12,13)14/h2-4,6H,5H2,1H3,(H2,15,18). The number of benzene rings is 1. The lowest BCUT2D eigenvalue weighted by molar-refractivity contribution is -0.137. The van der Waals surface area contributed by atoms with Crippen molar-refractivity contribution in [3.05, 3.63) is 29.3 Å². The number of hydrogen-bond donors (Lipinski definition) is 1. The zero-order chi connectivity index (χ0) is 13.9. The number of carbonyl (C=O) groups is 2. The predicted molar refractivity (Wildman–Crippen MR) is 59.3 cm³/mol. The molecule has 0 saturated heterocycles. The summed E-state index contributed by atoms with van der Waals surface area (Å²) >= 11 is 0. The highest BCUT2D eigenvalue weighted by molar-refractivity contribution is 5.81. The molecule has 0 spiro atoms. The summed E-state index contributed by atoms with van der Waals surface area (Å²) in [7, 11) is 1.43. The maximum absolute atomic E-state index is 12.7. The Labute approximate surface area is 101 Å². The summed E-state index contributed by atoms with van der Waals surface area (Å²) in [6.07, 6.45) is -4.49. The molecule has 0 heterocycles. The summed E-state index contributed by atoms with van der Waals surface area (Å²) in [5.41, 5.74) is 3.63. The van der Waals surface area contributed by atoms with E-state index >= 15 is 0 Å². The van der Waals surface area contributed by atoms with Gasteiger partial charge in [0.25, 0.3) is 0 Å². The topological polar surface area (TPSA) is 63.4 Å². The summed E-state index contributed by atoms with van der Waals surface area (Å²) in [5, 5.41) is 0. The first-order valence-electron chi connectivity index (χ1n) is 4.91. The number of primary amides is 1. The molecule has 1 aromatic carbocycles. The fraction of sp³-hybridized carbons (Fsp3) is 0.273. The van der Waals surface area contributed by atoms with Crippen LogP contribution in [0.5, 0.6) is 0 Å². The number of alkyl halides is 3. The Hall–Kier alpha value is -2.05. The second-order valence-electron chi connectivity index (χ2n) is 3.71. The molecule has 0 atom stereocenters. The van der Waals surface area contributed by atoms with Crippen LogP contribution in [0, 0.1) is 0 Å². The van der Waals surface area contributed by atoms with Gasteiger partial charge < -0.3 is 10.6 Å². The van der Waals surface area contributed by atoms with Crippen LogP contribution in [0.1, 0.15) is 15.9 Å². The Morgan fingerprint density at radius 2 is 2.06 bits per heavy atom. The summed E-state index contributed by atoms with van der Waals surface area (Å²) < 4.78 is 38.0. The van der Waals surface area contributed by atoms with Crippen molar-refractivity contribution in [2.45, 2.75) is 6.18 Å². The van der Waals surface area contributed by atoms with Crippen LogP contribution in [0.25, 0.3) is 0 Å². The third-order valence-electron chi connectivity index (χ3n) is 2.30. The number of amides is 1. The first-order chi connectivity index (χ1) is 8.25. The van der Waals surface area contributed by atoms with Gasteiger partial charge in [0, 0.05) is 18.3 Å².